The Bertz CT molecular complexity index is 320. The highest BCUT2D eigenvalue weighted by molar-refractivity contribution is 5.11. The van der Waals surface area contributed by atoms with Gasteiger partial charge in [-0.3, -0.25) is 4.68 Å². The Morgan fingerprint density at radius 1 is 1.47 bits per heavy atom. The van der Waals surface area contributed by atoms with Gasteiger partial charge < -0.3 is 5.32 Å². The third-order valence-corrected chi connectivity index (χ3v) is 2.58. The third kappa shape index (κ3) is 3.06. The van der Waals surface area contributed by atoms with E-state index in [0.717, 1.165) is 6.42 Å². The van der Waals surface area contributed by atoms with Crippen LogP contribution in [0.4, 0.5) is 0 Å². The first kappa shape index (κ1) is 12.2. The summed E-state index contributed by atoms with van der Waals surface area (Å²) < 4.78 is 2.10. The Labute approximate surface area is 92.9 Å². The van der Waals surface area contributed by atoms with E-state index in [1.807, 2.05) is 7.05 Å². The second-order valence-corrected chi connectivity index (χ2v) is 5.25. The molecule has 1 unspecified atom stereocenters. The number of nitrogens with one attached hydrogen (secondary N) is 1. The lowest BCUT2D eigenvalue weighted by Crippen LogP contribution is -2.26. The number of aryl methyl sites for hydroxylation is 1. The van der Waals surface area contributed by atoms with Crippen LogP contribution in [0.25, 0.3) is 0 Å². The fraction of sp³-hybridized carbons (Fsp3) is 0.750. The van der Waals surface area contributed by atoms with Crippen molar-refractivity contribution in [3.05, 3.63) is 17.5 Å². The molecule has 15 heavy (non-hydrogen) atoms. The first-order valence-electron chi connectivity index (χ1n) is 5.58. The van der Waals surface area contributed by atoms with E-state index in [9.17, 15) is 0 Å². The monoisotopic (exact) mass is 209 g/mol. The van der Waals surface area contributed by atoms with Crippen molar-refractivity contribution in [3.8, 4) is 0 Å². The summed E-state index contributed by atoms with van der Waals surface area (Å²) in [6, 6.07) is 2.66. The van der Waals surface area contributed by atoms with Gasteiger partial charge in [-0.05, 0) is 47.7 Å². The van der Waals surface area contributed by atoms with E-state index in [2.05, 4.69) is 55.8 Å². The quantitative estimate of drug-likeness (QED) is 0.826. The summed E-state index contributed by atoms with van der Waals surface area (Å²) in [5.41, 5.74) is 2.48. The topological polar surface area (TPSA) is 29.9 Å². The summed E-state index contributed by atoms with van der Waals surface area (Å²) in [6.45, 7) is 10.8. The highest BCUT2D eigenvalue weighted by Crippen LogP contribution is 2.17. The van der Waals surface area contributed by atoms with Gasteiger partial charge in [0.15, 0.2) is 0 Å². The first-order chi connectivity index (χ1) is 6.84. The molecule has 0 aromatic carbocycles. The molecule has 0 aliphatic heterocycles. The van der Waals surface area contributed by atoms with Gasteiger partial charge in [0, 0.05) is 18.2 Å². The molecule has 1 atom stereocenters. The Kier molecular flexibility index (Phi) is 3.55. The van der Waals surface area contributed by atoms with Crippen LogP contribution in [0.1, 0.15) is 39.1 Å². The van der Waals surface area contributed by atoms with Gasteiger partial charge in [-0.2, -0.15) is 5.10 Å². The molecule has 0 aliphatic carbocycles. The van der Waals surface area contributed by atoms with Crippen LogP contribution >= 0.6 is 0 Å². The Morgan fingerprint density at radius 2 is 2.07 bits per heavy atom. The molecule has 3 nitrogen and oxygen atoms in total. The lowest BCUT2D eigenvalue weighted by atomic mass is 10.1. The van der Waals surface area contributed by atoms with Crippen molar-refractivity contribution < 1.29 is 0 Å². The SMILES string of the molecule is CNC(C)Cc1cc(C)n(C(C)(C)C)n1. The minimum Gasteiger partial charge on any atom is -0.317 e. The average molecular weight is 209 g/mol. The molecule has 0 radical (unpaired) electrons. The molecule has 0 aliphatic rings. The van der Waals surface area contributed by atoms with Gasteiger partial charge in [-0.1, -0.05) is 0 Å². The van der Waals surface area contributed by atoms with Crippen LogP contribution in [-0.4, -0.2) is 22.9 Å². The smallest absolute Gasteiger partial charge is 0.0643 e. The van der Waals surface area contributed by atoms with Crippen LogP contribution in [0.5, 0.6) is 0 Å². The molecular formula is C12H23N3. The van der Waals surface area contributed by atoms with Crippen molar-refractivity contribution in [2.45, 2.75) is 52.6 Å². The average Bonchev–Trinajstić information content (AvgIpc) is 2.45. The Balaban J connectivity index is 2.86. The van der Waals surface area contributed by atoms with Crippen molar-refractivity contribution in [1.29, 1.82) is 0 Å². The van der Waals surface area contributed by atoms with Crippen LogP contribution in [0, 0.1) is 6.92 Å². The van der Waals surface area contributed by atoms with Crippen molar-refractivity contribution in [2.75, 3.05) is 7.05 Å². The van der Waals surface area contributed by atoms with E-state index < -0.39 is 0 Å². The number of likely N-dealkylation sites (N-methyl/N-ethyl adjacent to an activating group) is 1. The second kappa shape index (κ2) is 4.35. The fourth-order valence-corrected chi connectivity index (χ4v) is 1.73. The van der Waals surface area contributed by atoms with Crippen molar-refractivity contribution in [2.24, 2.45) is 0 Å². The number of nitrogens with zero attached hydrogens (tertiary/aromatic N) is 2. The Morgan fingerprint density at radius 3 is 2.47 bits per heavy atom. The van der Waals surface area contributed by atoms with Gasteiger partial charge in [0.2, 0.25) is 0 Å². The highest BCUT2D eigenvalue weighted by atomic mass is 15.3. The predicted octanol–water partition coefficient (Wildman–Crippen LogP) is 2.10. The van der Waals surface area contributed by atoms with E-state index in [4.69, 9.17) is 0 Å². The van der Waals surface area contributed by atoms with Crippen molar-refractivity contribution >= 4 is 0 Å². The zero-order chi connectivity index (χ0) is 11.6. The largest absolute Gasteiger partial charge is 0.317 e. The molecule has 0 saturated carbocycles. The van der Waals surface area contributed by atoms with Gasteiger partial charge in [-0.15, -0.1) is 0 Å². The molecule has 1 heterocycles. The van der Waals surface area contributed by atoms with Crippen LogP contribution in [0.2, 0.25) is 0 Å². The fourth-order valence-electron chi connectivity index (χ4n) is 1.73. The number of hydrogen-bond acceptors (Lipinski definition) is 2. The van der Waals surface area contributed by atoms with Crippen LogP contribution in [0.15, 0.2) is 6.07 Å². The first-order valence-corrected chi connectivity index (χ1v) is 5.58. The summed E-state index contributed by atoms with van der Waals surface area (Å²) in [6.07, 6.45) is 0.987. The maximum absolute atomic E-state index is 4.65. The minimum atomic E-state index is 0.0746. The number of rotatable bonds is 3. The molecule has 0 bridgehead atoms. The molecule has 0 saturated heterocycles. The molecule has 0 amide bonds. The molecule has 1 aromatic rings. The summed E-state index contributed by atoms with van der Waals surface area (Å²) in [4.78, 5) is 0. The summed E-state index contributed by atoms with van der Waals surface area (Å²) in [5.74, 6) is 0. The van der Waals surface area contributed by atoms with E-state index in [1.54, 1.807) is 0 Å². The lowest BCUT2D eigenvalue weighted by molar-refractivity contribution is 0.345. The van der Waals surface area contributed by atoms with E-state index in [-0.39, 0.29) is 5.54 Å². The third-order valence-electron chi connectivity index (χ3n) is 2.58. The van der Waals surface area contributed by atoms with Gasteiger partial charge in [0.1, 0.15) is 0 Å². The standard InChI is InChI=1S/C12H23N3/c1-9(13-6)7-11-8-10(2)15(14-11)12(3,4)5/h8-9,13H,7H2,1-6H3. The van der Waals surface area contributed by atoms with E-state index in [1.165, 1.54) is 11.4 Å². The zero-order valence-electron chi connectivity index (χ0n) is 10.8. The number of hydrogen-bond donors (Lipinski definition) is 1. The van der Waals surface area contributed by atoms with E-state index in [0.29, 0.717) is 6.04 Å². The molecule has 1 N–H and O–H groups in total. The molecule has 86 valence electrons. The summed E-state index contributed by atoms with van der Waals surface area (Å²) in [7, 11) is 1.98. The minimum absolute atomic E-state index is 0.0746. The molecule has 3 heteroatoms. The molecule has 1 rings (SSSR count). The van der Waals surface area contributed by atoms with Gasteiger partial charge in [0.25, 0.3) is 0 Å². The maximum atomic E-state index is 4.65. The maximum Gasteiger partial charge on any atom is 0.0643 e. The summed E-state index contributed by atoms with van der Waals surface area (Å²) in [5, 5.41) is 7.88. The van der Waals surface area contributed by atoms with Crippen LogP contribution in [0.3, 0.4) is 0 Å². The molecule has 1 aromatic heterocycles. The second-order valence-electron chi connectivity index (χ2n) is 5.25. The van der Waals surface area contributed by atoms with E-state index >= 15 is 0 Å². The highest BCUT2D eigenvalue weighted by Gasteiger charge is 2.17. The van der Waals surface area contributed by atoms with Crippen LogP contribution < -0.4 is 5.32 Å². The van der Waals surface area contributed by atoms with Crippen molar-refractivity contribution in [3.63, 3.8) is 0 Å². The lowest BCUT2D eigenvalue weighted by Gasteiger charge is -2.21. The van der Waals surface area contributed by atoms with Crippen molar-refractivity contribution in [1.82, 2.24) is 15.1 Å². The molecular weight excluding hydrogens is 186 g/mol. The van der Waals surface area contributed by atoms with Crippen LogP contribution in [-0.2, 0) is 12.0 Å². The molecule has 0 spiro atoms. The number of aromatic nitrogens is 2. The normalized spacial score (nSPS) is 14.3. The summed E-state index contributed by atoms with van der Waals surface area (Å²) >= 11 is 0. The van der Waals surface area contributed by atoms with Gasteiger partial charge in [-0.25, -0.2) is 0 Å². The zero-order valence-corrected chi connectivity index (χ0v) is 10.8. The van der Waals surface area contributed by atoms with Gasteiger partial charge >= 0.3 is 0 Å². The Hall–Kier alpha value is -0.830. The predicted molar refractivity (Wildman–Crippen MR) is 64.2 cm³/mol. The van der Waals surface area contributed by atoms with Gasteiger partial charge in [0.05, 0.1) is 11.2 Å². The molecule has 0 fully saturated rings.